The van der Waals surface area contributed by atoms with E-state index in [-0.39, 0.29) is 5.91 Å². The number of hydrogen-bond donors (Lipinski definition) is 1. The normalized spacial score (nSPS) is 23.4. The van der Waals surface area contributed by atoms with E-state index in [1.54, 1.807) is 0 Å². The van der Waals surface area contributed by atoms with E-state index in [9.17, 15) is 4.79 Å². The summed E-state index contributed by atoms with van der Waals surface area (Å²) in [6, 6.07) is 5.69. The molecule has 0 aliphatic carbocycles. The summed E-state index contributed by atoms with van der Waals surface area (Å²) < 4.78 is 5.54. The quantitative estimate of drug-likeness (QED) is 0.668. The molecule has 3 heteroatoms. The van der Waals surface area contributed by atoms with Gasteiger partial charge in [-0.2, -0.15) is 0 Å². The van der Waals surface area contributed by atoms with Gasteiger partial charge in [0.25, 0.3) is 5.91 Å². The largest absolute Gasteiger partial charge is 0.493 e. The van der Waals surface area contributed by atoms with Crippen molar-refractivity contribution >= 4 is 5.91 Å². The molecule has 3 nitrogen and oxygen atoms in total. The Balaban J connectivity index is 2.24. The lowest BCUT2D eigenvalue weighted by Gasteiger charge is -2.31. The first-order valence-electron chi connectivity index (χ1n) is 4.90. The highest BCUT2D eigenvalue weighted by molar-refractivity contribution is 5.97. The number of benzene rings is 1. The number of nitrogens with one attached hydrogen (secondary N) is 1. The fraction of sp³-hybridized carbons (Fsp3) is 0.364. The van der Waals surface area contributed by atoms with Gasteiger partial charge < -0.3 is 10.1 Å². The molecule has 1 aromatic rings. The summed E-state index contributed by atoms with van der Waals surface area (Å²) in [6.07, 6.45) is 1.00. The Morgan fingerprint density at radius 3 is 3.29 bits per heavy atom. The number of ether oxygens (including phenoxy) is 1. The first kappa shape index (κ1) is 7.85. The van der Waals surface area contributed by atoms with Crippen molar-refractivity contribution < 1.29 is 9.53 Å². The molecule has 2 heterocycles. The molecule has 0 aromatic heterocycles. The van der Waals surface area contributed by atoms with Crippen LogP contribution in [0, 0.1) is 0 Å². The number of carbonyl (C=O) groups excluding carboxylic acids is 1. The van der Waals surface area contributed by atoms with Crippen molar-refractivity contribution in [2.45, 2.75) is 12.3 Å². The van der Waals surface area contributed by atoms with Crippen LogP contribution in [0.15, 0.2) is 18.2 Å². The molecule has 3 rings (SSSR count). The molecular weight excluding hydrogens is 178 g/mol. The number of amides is 1. The molecule has 0 radical (unpaired) electrons. The van der Waals surface area contributed by atoms with Crippen LogP contribution in [0.5, 0.6) is 5.75 Å². The van der Waals surface area contributed by atoms with Gasteiger partial charge >= 0.3 is 0 Å². The van der Waals surface area contributed by atoms with Crippen LogP contribution in [0.2, 0.25) is 0 Å². The molecule has 0 bridgehead atoms. The van der Waals surface area contributed by atoms with Crippen molar-refractivity contribution in [1.29, 1.82) is 0 Å². The summed E-state index contributed by atoms with van der Waals surface area (Å²) in [6.45, 7) is 1.52. The Hall–Kier alpha value is -1.51. The van der Waals surface area contributed by atoms with E-state index in [4.69, 9.17) is 4.74 Å². The highest BCUT2D eigenvalue weighted by atomic mass is 16.5. The predicted molar refractivity (Wildman–Crippen MR) is 51.6 cm³/mol. The Bertz CT molecular complexity index is 400. The van der Waals surface area contributed by atoms with Crippen LogP contribution in [0.25, 0.3) is 0 Å². The van der Waals surface area contributed by atoms with Crippen molar-refractivity contribution in [3.63, 3.8) is 0 Å². The van der Waals surface area contributed by atoms with Crippen LogP contribution >= 0.6 is 0 Å². The van der Waals surface area contributed by atoms with E-state index in [2.05, 4.69) is 5.32 Å². The van der Waals surface area contributed by atoms with Crippen LogP contribution in [0.1, 0.15) is 28.3 Å². The third-order valence-electron chi connectivity index (χ3n) is 2.95. The van der Waals surface area contributed by atoms with Gasteiger partial charge in [-0.05, 0) is 18.6 Å². The molecule has 14 heavy (non-hydrogen) atoms. The Kier molecular flexibility index (Phi) is 1.54. The SMILES string of the molecule is O=C1NCC2CCOc3cccc1c32. The first-order chi connectivity index (χ1) is 6.86. The van der Waals surface area contributed by atoms with Gasteiger partial charge in [0.15, 0.2) is 0 Å². The van der Waals surface area contributed by atoms with E-state index in [0.717, 1.165) is 36.4 Å². The highest BCUT2D eigenvalue weighted by Crippen LogP contribution is 2.37. The monoisotopic (exact) mass is 189 g/mol. The Labute approximate surface area is 82.1 Å². The first-order valence-corrected chi connectivity index (χ1v) is 4.90. The average molecular weight is 189 g/mol. The van der Waals surface area contributed by atoms with Crippen LogP contribution in [-0.4, -0.2) is 19.1 Å². The molecule has 1 atom stereocenters. The van der Waals surface area contributed by atoms with Gasteiger partial charge in [0.05, 0.1) is 6.61 Å². The Morgan fingerprint density at radius 1 is 1.43 bits per heavy atom. The standard InChI is InChI=1S/C11H11NO2/c13-11-8-2-1-3-9-10(8)7(6-12-11)4-5-14-9/h1-3,7H,4-6H2,(H,12,13). The predicted octanol–water partition coefficient (Wildman–Crippen LogP) is 1.30. The van der Waals surface area contributed by atoms with Crippen LogP contribution in [0.4, 0.5) is 0 Å². The minimum absolute atomic E-state index is 0.0311. The van der Waals surface area contributed by atoms with Gasteiger partial charge in [-0.15, -0.1) is 0 Å². The molecule has 1 amide bonds. The van der Waals surface area contributed by atoms with Crippen molar-refractivity contribution in [3.8, 4) is 5.75 Å². The molecule has 0 saturated heterocycles. The molecule has 0 spiro atoms. The van der Waals surface area contributed by atoms with Crippen LogP contribution < -0.4 is 10.1 Å². The summed E-state index contributed by atoms with van der Waals surface area (Å²) in [5.74, 6) is 1.38. The summed E-state index contributed by atoms with van der Waals surface area (Å²) in [7, 11) is 0. The lowest BCUT2D eigenvalue weighted by atomic mass is 9.86. The molecule has 1 unspecified atom stereocenters. The van der Waals surface area contributed by atoms with Gasteiger partial charge in [-0.25, -0.2) is 0 Å². The number of carbonyl (C=O) groups is 1. The maximum absolute atomic E-state index is 11.6. The lowest BCUT2D eigenvalue weighted by Crippen LogP contribution is -2.37. The number of hydrogen-bond acceptors (Lipinski definition) is 2. The highest BCUT2D eigenvalue weighted by Gasteiger charge is 2.30. The summed E-state index contributed by atoms with van der Waals surface area (Å²) in [5.41, 5.74) is 1.90. The van der Waals surface area contributed by atoms with E-state index >= 15 is 0 Å². The topological polar surface area (TPSA) is 38.3 Å². The fourth-order valence-corrected chi connectivity index (χ4v) is 2.26. The zero-order valence-corrected chi connectivity index (χ0v) is 7.75. The maximum Gasteiger partial charge on any atom is 0.251 e. The number of rotatable bonds is 0. The second kappa shape index (κ2) is 2.74. The van der Waals surface area contributed by atoms with Gasteiger partial charge in [0.1, 0.15) is 5.75 Å². The Morgan fingerprint density at radius 2 is 2.36 bits per heavy atom. The van der Waals surface area contributed by atoms with Gasteiger partial charge in [-0.1, -0.05) is 6.07 Å². The lowest BCUT2D eigenvalue weighted by molar-refractivity contribution is 0.0931. The zero-order chi connectivity index (χ0) is 9.54. The van der Waals surface area contributed by atoms with E-state index in [1.807, 2.05) is 18.2 Å². The fourth-order valence-electron chi connectivity index (χ4n) is 2.26. The minimum Gasteiger partial charge on any atom is -0.493 e. The summed E-state index contributed by atoms with van der Waals surface area (Å²) in [4.78, 5) is 11.6. The van der Waals surface area contributed by atoms with Gasteiger partial charge in [-0.3, -0.25) is 4.79 Å². The van der Waals surface area contributed by atoms with Crippen LogP contribution in [0.3, 0.4) is 0 Å². The second-order valence-corrected chi connectivity index (χ2v) is 3.76. The zero-order valence-electron chi connectivity index (χ0n) is 7.75. The molecule has 2 aliphatic rings. The summed E-state index contributed by atoms with van der Waals surface area (Å²) >= 11 is 0. The third kappa shape index (κ3) is 0.953. The molecule has 1 aromatic carbocycles. The van der Waals surface area contributed by atoms with Crippen molar-refractivity contribution in [2.24, 2.45) is 0 Å². The third-order valence-corrected chi connectivity index (χ3v) is 2.95. The molecule has 2 aliphatic heterocycles. The van der Waals surface area contributed by atoms with Crippen molar-refractivity contribution in [3.05, 3.63) is 29.3 Å². The summed E-state index contributed by atoms with van der Waals surface area (Å²) in [5, 5.41) is 2.91. The smallest absolute Gasteiger partial charge is 0.251 e. The van der Waals surface area contributed by atoms with Crippen molar-refractivity contribution in [1.82, 2.24) is 5.32 Å². The van der Waals surface area contributed by atoms with Crippen molar-refractivity contribution in [2.75, 3.05) is 13.2 Å². The van der Waals surface area contributed by atoms with Gasteiger partial charge in [0, 0.05) is 23.6 Å². The molecule has 0 saturated carbocycles. The maximum atomic E-state index is 11.6. The van der Waals surface area contributed by atoms with Crippen LogP contribution in [-0.2, 0) is 0 Å². The second-order valence-electron chi connectivity index (χ2n) is 3.76. The molecule has 72 valence electrons. The molecular formula is C11H11NO2. The van der Waals surface area contributed by atoms with E-state index in [1.165, 1.54) is 0 Å². The van der Waals surface area contributed by atoms with E-state index < -0.39 is 0 Å². The van der Waals surface area contributed by atoms with Gasteiger partial charge in [0.2, 0.25) is 0 Å². The molecule has 0 fully saturated rings. The minimum atomic E-state index is 0.0311. The molecule has 1 N–H and O–H groups in total. The average Bonchev–Trinajstić information content (AvgIpc) is 2.24. The van der Waals surface area contributed by atoms with E-state index in [0.29, 0.717) is 5.92 Å².